The van der Waals surface area contributed by atoms with Gasteiger partial charge in [-0.2, -0.15) is 0 Å². The lowest BCUT2D eigenvalue weighted by atomic mass is 10.0. The summed E-state index contributed by atoms with van der Waals surface area (Å²) in [6, 6.07) is 4.12. The van der Waals surface area contributed by atoms with Crippen LogP contribution in [0.4, 0.5) is 10.5 Å². The van der Waals surface area contributed by atoms with Gasteiger partial charge >= 0.3 is 6.03 Å². The first-order valence-electron chi connectivity index (χ1n) is 7.44. The van der Waals surface area contributed by atoms with E-state index in [1.165, 1.54) is 0 Å². The van der Waals surface area contributed by atoms with E-state index in [2.05, 4.69) is 22.2 Å². The summed E-state index contributed by atoms with van der Waals surface area (Å²) >= 11 is 0. The molecule has 2 aliphatic rings. The molecule has 3 rings (SSSR count). The lowest BCUT2D eigenvalue weighted by Crippen LogP contribution is -2.49. The Bertz CT molecular complexity index is 455. The lowest BCUT2D eigenvalue weighted by Gasteiger charge is -2.39. The van der Waals surface area contributed by atoms with Crippen LogP contribution in [0.5, 0.6) is 0 Å². The number of carbonyl (C=O) groups is 1. The highest BCUT2D eigenvalue weighted by Gasteiger charge is 2.31. The van der Waals surface area contributed by atoms with Crippen LogP contribution in [0.15, 0.2) is 18.3 Å². The summed E-state index contributed by atoms with van der Waals surface area (Å²) in [4.78, 5) is 20.7. The highest BCUT2D eigenvalue weighted by atomic mass is 16.2. The van der Waals surface area contributed by atoms with Crippen LogP contribution in [0.1, 0.15) is 32.4 Å². The smallest absolute Gasteiger partial charge is 0.315 e. The average Bonchev–Trinajstić information content (AvgIpc) is 2.49. The van der Waals surface area contributed by atoms with Crippen molar-refractivity contribution in [1.29, 1.82) is 0 Å². The fraction of sp³-hybridized carbons (Fsp3) is 0.600. The molecular weight excluding hydrogens is 252 g/mol. The van der Waals surface area contributed by atoms with E-state index in [4.69, 9.17) is 0 Å². The number of anilines is 1. The van der Waals surface area contributed by atoms with Gasteiger partial charge in [0.1, 0.15) is 0 Å². The molecule has 0 bridgehead atoms. The number of amides is 2. The van der Waals surface area contributed by atoms with Crippen LogP contribution in [0.25, 0.3) is 0 Å². The van der Waals surface area contributed by atoms with Gasteiger partial charge in [0.05, 0.1) is 17.9 Å². The Morgan fingerprint density at radius 1 is 1.30 bits per heavy atom. The summed E-state index contributed by atoms with van der Waals surface area (Å²) in [5.41, 5.74) is 1.82. The van der Waals surface area contributed by atoms with Gasteiger partial charge in [-0.15, -0.1) is 0 Å². The summed E-state index contributed by atoms with van der Waals surface area (Å²) in [6.07, 6.45) is 3.88. The highest BCUT2D eigenvalue weighted by molar-refractivity contribution is 5.92. The number of hydrogen-bond acceptors (Lipinski definition) is 3. The second-order valence-electron chi connectivity index (χ2n) is 5.09. The van der Waals surface area contributed by atoms with Gasteiger partial charge in [-0.05, 0) is 45.1 Å². The van der Waals surface area contributed by atoms with Crippen molar-refractivity contribution in [2.75, 3.05) is 25.5 Å². The molecule has 2 amide bonds. The van der Waals surface area contributed by atoms with Gasteiger partial charge in [-0.1, -0.05) is 13.8 Å². The van der Waals surface area contributed by atoms with Crippen LogP contribution in [0, 0.1) is 0 Å². The van der Waals surface area contributed by atoms with Gasteiger partial charge in [-0.25, -0.2) is 4.79 Å². The molecule has 0 aromatic carbocycles. The summed E-state index contributed by atoms with van der Waals surface area (Å²) < 4.78 is 0. The summed E-state index contributed by atoms with van der Waals surface area (Å²) in [5.74, 6) is 0. The zero-order valence-corrected chi connectivity index (χ0v) is 12.6. The van der Waals surface area contributed by atoms with E-state index in [9.17, 15) is 4.79 Å². The summed E-state index contributed by atoms with van der Waals surface area (Å²) in [7, 11) is 2.13. The number of nitrogens with one attached hydrogen (secondary N) is 1. The minimum atomic E-state index is 0.0186. The molecule has 110 valence electrons. The van der Waals surface area contributed by atoms with Crippen molar-refractivity contribution < 1.29 is 4.79 Å². The SMILES string of the molecule is CC.CN1CCC(N2Cc3ncccc3NC2=O)CC1. The molecule has 2 aliphatic heterocycles. The van der Waals surface area contributed by atoms with Crippen molar-refractivity contribution in [3.63, 3.8) is 0 Å². The van der Waals surface area contributed by atoms with E-state index < -0.39 is 0 Å². The van der Waals surface area contributed by atoms with Gasteiger partial charge < -0.3 is 15.1 Å². The molecule has 0 spiro atoms. The lowest BCUT2D eigenvalue weighted by molar-refractivity contribution is 0.132. The number of rotatable bonds is 1. The molecule has 1 aromatic rings. The van der Waals surface area contributed by atoms with Crippen molar-refractivity contribution in [1.82, 2.24) is 14.8 Å². The quantitative estimate of drug-likeness (QED) is 0.857. The van der Waals surface area contributed by atoms with Crippen molar-refractivity contribution in [3.8, 4) is 0 Å². The number of hydrogen-bond donors (Lipinski definition) is 1. The van der Waals surface area contributed by atoms with E-state index in [0.29, 0.717) is 12.6 Å². The maximum absolute atomic E-state index is 12.1. The summed E-state index contributed by atoms with van der Waals surface area (Å²) in [5, 5.41) is 2.93. The fourth-order valence-electron chi connectivity index (χ4n) is 2.70. The van der Waals surface area contributed by atoms with E-state index in [1.807, 2.05) is 30.9 Å². The van der Waals surface area contributed by atoms with Gasteiger partial charge in [0, 0.05) is 12.2 Å². The second-order valence-corrected chi connectivity index (χ2v) is 5.09. The van der Waals surface area contributed by atoms with Gasteiger partial charge in [0.25, 0.3) is 0 Å². The molecule has 0 aliphatic carbocycles. The minimum Gasteiger partial charge on any atom is -0.315 e. The molecule has 0 saturated carbocycles. The number of nitrogens with zero attached hydrogens (tertiary/aromatic N) is 3. The Labute approximate surface area is 121 Å². The molecular formula is C15H24N4O. The van der Waals surface area contributed by atoms with E-state index in [1.54, 1.807) is 6.20 Å². The van der Waals surface area contributed by atoms with Crippen molar-refractivity contribution in [2.24, 2.45) is 0 Å². The third kappa shape index (κ3) is 3.10. The maximum atomic E-state index is 12.1. The molecule has 1 N–H and O–H groups in total. The first-order chi connectivity index (χ1) is 9.74. The van der Waals surface area contributed by atoms with Crippen LogP contribution in [-0.2, 0) is 6.54 Å². The Morgan fingerprint density at radius 3 is 2.70 bits per heavy atom. The first-order valence-corrected chi connectivity index (χ1v) is 7.44. The standard InChI is InChI=1S/C13H18N4O.C2H6/c1-16-7-4-10(5-8-16)17-9-12-11(15-13(17)18)3-2-6-14-12;1-2/h2-3,6,10H,4-5,7-9H2,1H3,(H,15,18);1-2H3. The Morgan fingerprint density at radius 2 is 2.00 bits per heavy atom. The fourth-order valence-corrected chi connectivity index (χ4v) is 2.70. The number of pyridine rings is 1. The number of urea groups is 1. The second kappa shape index (κ2) is 6.70. The predicted molar refractivity (Wildman–Crippen MR) is 80.7 cm³/mol. The molecule has 0 atom stereocenters. The Kier molecular flexibility index (Phi) is 4.95. The van der Waals surface area contributed by atoms with Crippen molar-refractivity contribution in [3.05, 3.63) is 24.0 Å². The average molecular weight is 276 g/mol. The zero-order valence-electron chi connectivity index (χ0n) is 12.6. The highest BCUT2D eigenvalue weighted by Crippen LogP contribution is 2.25. The number of carbonyl (C=O) groups excluding carboxylic acids is 1. The summed E-state index contributed by atoms with van der Waals surface area (Å²) in [6.45, 7) is 6.75. The van der Waals surface area contributed by atoms with Crippen LogP contribution in [-0.4, -0.2) is 47.0 Å². The van der Waals surface area contributed by atoms with Crippen molar-refractivity contribution >= 4 is 11.7 Å². The third-order valence-corrected chi connectivity index (χ3v) is 3.84. The largest absolute Gasteiger partial charge is 0.322 e. The van der Waals surface area contributed by atoms with Crippen LogP contribution in [0.3, 0.4) is 0 Å². The van der Waals surface area contributed by atoms with Crippen molar-refractivity contribution in [2.45, 2.75) is 39.3 Å². The van der Waals surface area contributed by atoms with Crippen LogP contribution in [0.2, 0.25) is 0 Å². The molecule has 5 heteroatoms. The molecule has 5 nitrogen and oxygen atoms in total. The molecule has 1 aromatic heterocycles. The molecule has 1 saturated heterocycles. The third-order valence-electron chi connectivity index (χ3n) is 3.84. The van der Waals surface area contributed by atoms with E-state index in [-0.39, 0.29) is 6.03 Å². The number of likely N-dealkylation sites (tertiary alicyclic amines) is 1. The minimum absolute atomic E-state index is 0.0186. The van der Waals surface area contributed by atoms with Gasteiger partial charge in [-0.3, -0.25) is 4.98 Å². The van der Waals surface area contributed by atoms with Crippen LogP contribution < -0.4 is 5.32 Å². The molecule has 0 unspecified atom stereocenters. The Hall–Kier alpha value is -1.62. The number of piperidine rings is 1. The molecule has 0 radical (unpaired) electrons. The number of fused-ring (bicyclic) bond motifs is 1. The molecule has 20 heavy (non-hydrogen) atoms. The normalized spacial score (nSPS) is 19.8. The van der Waals surface area contributed by atoms with Crippen LogP contribution >= 0.6 is 0 Å². The first kappa shape index (κ1) is 14.8. The Balaban J connectivity index is 0.000000704. The topological polar surface area (TPSA) is 48.5 Å². The van der Waals surface area contributed by atoms with E-state index >= 15 is 0 Å². The monoisotopic (exact) mass is 276 g/mol. The molecule has 1 fully saturated rings. The maximum Gasteiger partial charge on any atom is 0.322 e. The molecule has 3 heterocycles. The zero-order chi connectivity index (χ0) is 14.5. The number of aromatic nitrogens is 1. The van der Waals surface area contributed by atoms with Gasteiger partial charge in [0.2, 0.25) is 0 Å². The van der Waals surface area contributed by atoms with Gasteiger partial charge in [0.15, 0.2) is 0 Å². The predicted octanol–water partition coefficient (Wildman–Crippen LogP) is 2.55. The van der Waals surface area contributed by atoms with E-state index in [0.717, 1.165) is 37.3 Å².